The highest BCUT2D eigenvalue weighted by atomic mass is 19.1. The Morgan fingerprint density at radius 3 is 2.85 bits per heavy atom. The van der Waals surface area contributed by atoms with Crippen LogP contribution in [-0.2, 0) is 11.8 Å². The number of rotatable bonds is 4. The average molecular weight is 274 g/mol. The van der Waals surface area contributed by atoms with E-state index >= 15 is 0 Å². The van der Waals surface area contributed by atoms with Gasteiger partial charge in [-0.05, 0) is 18.2 Å². The molecule has 2 N–H and O–H groups in total. The second-order valence-corrected chi connectivity index (χ2v) is 4.17. The van der Waals surface area contributed by atoms with E-state index in [4.69, 9.17) is 5.26 Å². The molecule has 6 nitrogen and oxygen atoms in total. The van der Waals surface area contributed by atoms with Crippen LogP contribution < -0.4 is 5.32 Å². The van der Waals surface area contributed by atoms with E-state index in [2.05, 4.69) is 10.4 Å². The molecule has 0 aliphatic carbocycles. The van der Waals surface area contributed by atoms with Gasteiger partial charge in [-0.25, -0.2) is 9.18 Å². The van der Waals surface area contributed by atoms with Gasteiger partial charge in [0.15, 0.2) is 6.04 Å². The molecule has 0 saturated carbocycles. The fraction of sp³-hybridized carbons (Fsp3) is 0.154. The van der Waals surface area contributed by atoms with E-state index < -0.39 is 17.8 Å². The third-order valence-electron chi connectivity index (χ3n) is 2.70. The third-order valence-corrected chi connectivity index (χ3v) is 2.70. The Bertz CT molecular complexity index is 690. The molecule has 0 radical (unpaired) electrons. The molecule has 1 unspecified atom stereocenters. The number of hydrogen-bond donors (Lipinski definition) is 2. The van der Waals surface area contributed by atoms with Gasteiger partial charge in [0.1, 0.15) is 5.82 Å². The Balaban J connectivity index is 2.30. The van der Waals surface area contributed by atoms with Gasteiger partial charge in [-0.1, -0.05) is 0 Å². The molecule has 0 aliphatic rings. The lowest BCUT2D eigenvalue weighted by Crippen LogP contribution is -2.20. The van der Waals surface area contributed by atoms with Crippen LogP contribution >= 0.6 is 0 Å². The zero-order valence-electron chi connectivity index (χ0n) is 10.5. The minimum absolute atomic E-state index is 0.0141. The summed E-state index contributed by atoms with van der Waals surface area (Å²) in [5.74, 6) is -1.83. The summed E-state index contributed by atoms with van der Waals surface area (Å²) in [6.45, 7) is 0. The zero-order valence-corrected chi connectivity index (χ0v) is 10.5. The van der Waals surface area contributed by atoms with E-state index in [9.17, 15) is 14.3 Å². The lowest BCUT2D eigenvalue weighted by Gasteiger charge is -2.14. The summed E-state index contributed by atoms with van der Waals surface area (Å²) in [5, 5.41) is 24.4. The van der Waals surface area contributed by atoms with Crippen molar-refractivity contribution in [2.75, 3.05) is 5.32 Å². The number of anilines is 1. The number of nitriles is 1. The zero-order chi connectivity index (χ0) is 14.7. The average Bonchev–Trinajstić information content (AvgIpc) is 2.83. The van der Waals surface area contributed by atoms with Crippen LogP contribution in [0.3, 0.4) is 0 Å². The van der Waals surface area contributed by atoms with Crippen molar-refractivity contribution in [1.82, 2.24) is 9.78 Å². The molecule has 0 spiro atoms. The van der Waals surface area contributed by atoms with Crippen LogP contribution in [0.5, 0.6) is 0 Å². The van der Waals surface area contributed by atoms with Gasteiger partial charge >= 0.3 is 5.97 Å². The van der Waals surface area contributed by atoms with Crippen LogP contribution in [-0.4, -0.2) is 20.9 Å². The molecule has 0 aliphatic heterocycles. The van der Waals surface area contributed by atoms with Gasteiger partial charge in [-0.15, -0.1) is 0 Å². The predicted octanol–water partition coefficient (Wildman–Crippen LogP) is 1.67. The number of benzene rings is 1. The molecule has 0 bridgehead atoms. The fourth-order valence-electron chi connectivity index (χ4n) is 1.73. The van der Waals surface area contributed by atoms with Crippen LogP contribution in [0, 0.1) is 17.1 Å². The molecule has 0 saturated heterocycles. The van der Waals surface area contributed by atoms with Gasteiger partial charge in [-0.3, -0.25) is 4.68 Å². The molecule has 1 aromatic carbocycles. The van der Waals surface area contributed by atoms with Crippen molar-refractivity contribution < 1.29 is 14.3 Å². The summed E-state index contributed by atoms with van der Waals surface area (Å²) in [5.41, 5.74) is 0.588. The number of carbonyl (C=O) groups is 1. The highest BCUT2D eigenvalue weighted by Gasteiger charge is 2.22. The number of carboxylic acids is 1. The number of carboxylic acid groups (broad SMARTS) is 1. The van der Waals surface area contributed by atoms with Crippen molar-refractivity contribution in [3.63, 3.8) is 0 Å². The molecule has 1 atom stereocenters. The Hall–Kier alpha value is -2.88. The van der Waals surface area contributed by atoms with Crippen molar-refractivity contribution in [2.24, 2.45) is 7.05 Å². The summed E-state index contributed by atoms with van der Waals surface area (Å²) < 4.78 is 15.2. The smallest absolute Gasteiger partial charge is 0.330 e. The van der Waals surface area contributed by atoms with Gasteiger partial charge in [0.25, 0.3) is 0 Å². The first kappa shape index (κ1) is 13.5. The van der Waals surface area contributed by atoms with Crippen molar-refractivity contribution in [2.45, 2.75) is 6.04 Å². The fourth-order valence-corrected chi connectivity index (χ4v) is 1.73. The predicted molar refractivity (Wildman–Crippen MR) is 68.3 cm³/mol. The Morgan fingerprint density at radius 2 is 2.35 bits per heavy atom. The van der Waals surface area contributed by atoms with Crippen LogP contribution in [0.1, 0.15) is 17.2 Å². The summed E-state index contributed by atoms with van der Waals surface area (Å²) in [6, 6.07) is 4.48. The molecule has 102 valence electrons. The third kappa shape index (κ3) is 2.75. The maximum absolute atomic E-state index is 13.8. The number of nitrogens with zero attached hydrogens (tertiary/aromatic N) is 3. The van der Waals surface area contributed by atoms with Crippen molar-refractivity contribution in [1.29, 1.82) is 5.26 Å². The van der Waals surface area contributed by atoms with E-state index in [1.165, 1.54) is 29.2 Å². The number of aromatic nitrogens is 2. The largest absolute Gasteiger partial charge is 0.479 e. The van der Waals surface area contributed by atoms with Crippen LogP contribution in [0.4, 0.5) is 10.1 Å². The Labute approximate surface area is 114 Å². The SMILES string of the molecule is Cn1cc(C(Nc2ccc(C#N)cc2F)C(=O)O)cn1. The minimum Gasteiger partial charge on any atom is -0.479 e. The second-order valence-electron chi connectivity index (χ2n) is 4.17. The van der Waals surface area contributed by atoms with Crippen molar-refractivity contribution in [3.05, 3.63) is 47.5 Å². The van der Waals surface area contributed by atoms with Gasteiger partial charge in [0, 0.05) is 18.8 Å². The molecule has 0 fully saturated rings. The number of halogens is 1. The maximum Gasteiger partial charge on any atom is 0.330 e. The standard InChI is InChI=1S/C13H11FN4O2/c1-18-7-9(6-16-18)12(13(19)20)17-11-3-2-8(5-15)4-10(11)14/h2-4,6-7,12,17H,1H3,(H,19,20). The van der Waals surface area contributed by atoms with E-state index in [0.717, 1.165) is 6.07 Å². The molecule has 7 heteroatoms. The minimum atomic E-state index is -1.15. The van der Waals surface area contributed by atoms with Gasteiger partial charge < -0.3 is 10.4 Å². The van der Waals surface area contributed by atoms with E-state index in [-0.39, 0.29) is 11.3 Å². The normalized spacial score (nSPS) is 11.7. The Kier molecular flexibility index (Phi) is 3.66. The first-order valence-corrected chi connectivity index (χ1v) is 5.69. The van der Waals surface area contributed by atoms with Gasteiger partial charge in [0.2, 0.25) is 0 Å². The molecule has 1 heterocycles. The van der Waals surface area contributed by atoms with Crippen LogP contribution in [0.15, 0.2) is 30.6 Å². The van der Waals surface area contributed by atoms with E-state index in [0.29, 0.717) is 5.56 Å². The number of aryl methyl sites for hydroxylation is 1. The quantitative estimate of drug-likeness (QED) is 0.884. The van der Waals surface area contributed by atoms with Crippen molar-refractivity contribution in [3.8, 4) is 6.07 Å². The topological polar surface area (TPSA) is 90.9 Å². The van der Waals surface area contributed by atoms with Crippen LogP contribution in [0.2, 0.25) is 0 Å². The van der Waals surface area contributed by atoms with Gasteiger partial charge in [-0.2, -0.15) is 10.4 Å². The molecule has 2 rings (SSSR count). The number of nitrogens with one attached hydrogen (secondary N) is 1. The van der Waals surface area contributed by atoms with Crippen molar-refractivity contribution >= 4 is 11.7 Å². The lowest BCUT2D eigenvalue weighted by molar-refractivity contribution is -0.138. The van der Waals surface area contributed by atoms with E-state index in [1.807, 2.05) is 6.07 Å². The number of hydrogen-bond acceptors (Lipinski definition) is 4. The lowest BCUT2D eigenvalue weighted by atomic mass is 10.1. The molecular weight excluding hydrogens is 263 g/mol. The van der Waals surface area contributed by atoms with Gasteiger partial charge in [0.05, 0.1) is 23.5 Å². The molecule has 1 aromatic heterocycles. The monoisotopic (exact) mass is 274 g/mol. The number of aliphatic carboxylic acids is 1. The summed E-state index contributed by atoms with van der Waals surface area (Å²) in [6.07, 6.45) is 2.93. The molecule has 2 aromatic rings. The first-order valence-electron chi connectivity index (χ1n) is 5.69. The highest BCUT2D eigenvalue weighted by molar-refractivity contribution is 5.79. The second kappa shape index (κ2) is 5.40. The summed E-state index contributed by atoms with van der Waals surface area (Å²) >= 11 is 0. The molecular formula is C13H11FN4O2. The molecule has 0 amide bonds. The van der Waals surface area contributed by atoms with E-state index in [1.54, 1.807) is 7.05 Å². The maximum atomic E-state index is 13.8. The highest BCUT2D eigenvalue weighted by Crippen LogP contribution is 2.22. The molecule has 20 heavy (non-hydrogen) atoms. The van der Waals surface area contributed by atoms with Crippen LogP contribution in [0.25, 0.3) is 0 Å². The Morgan fingerprint density at radius 1 is 1.60 bits per heavy atom. The summed E-state index contributed by atoms with van der Waals surface area (Å²) in [7, 11) is 1.66. The summed E-state index contributed by atoms with van der Waals surface area (Å²) in [4.78, 5) is 11.3. The first-order chi connectivity index (χ1) is 9.51.